The van der Waals surface area contributed by atoms with Gasteiger partial charge >= 0.3 is 0 Å². The second kappa shape index (κ2) is 3.18. The van der Waals surface area contributed by atoms with E-state index in [-0.39, 0.29) is 0 Å². The van der Waals surface area contributed by atoms with Gasteiger partial charge in [0.1, 0.15) is 0 Å². The van der Waals surface area contributed by atoms with Crippen molar-refractivity contribution in [2.45, 2.75) is 31.4 Å². The molecule has 0 amide bonds. The zero-order valence-electron chi connectivity index (χ0n) is 6.18. The Morgan fingerprint density at radius 1 is 1.44 bits per heavy atom. The molecule has 1 aliphatic rings. The number of hydrogen-bond acceptors (Lipinski definition) is 2. The highest BCUT2D eigenvalue weighted by Crippen LogP contribution is 2.20. The van der Waals surface area contributed by atoms with Gasteiger partial charge in [-0.15, -0.1) is 0 Å². The first-order chi connectivity index (χ1) is 4.36. The quantitative estimate of drug-likeness (QED) is 0.594. The predicted molar refractivity (Wildman–Crippen MR) is 37.5 cm³/mol. The molecule has 1 saturated carbocycles. The Morgan fingerprint density at radius 2 is 2.22 bits per heavy atom. The molecular formula is C7H15NO. The SMILES string of the molecule is CN[C@@H]1CC[C@@H](OC)C1. The Balaban J connectivity index is 2.20. The van der Waals surface area contributed by atoms with Crippen LogP contribution in [-0.4, -0.2) is 26.3 Å². The van der Waals surface area contributed by atoms with E-state index in [2.05, 4.69) is 5.32 Å². The molecule has 0 saturated heterocycles. The summed E-state index contributed by atoms with van der Waals surface area (Å²) in [4.78, 5) is 0. The molecule has 1 aliphatic carbocycles. The highest BCUT2D eigenvalue weighted by Gasteiger charge is 2.22. The van der Waals surface area contributed by atoms with Crippen LogP contribution < -0.4 is 5.32 Å². The van der Waals surface area contributed by atoms with E-state index in [4.69, 9.17) is 4.74 Å². The third kappa shape index (κ3) is 1.66. The number of ether oxygens (including phenoxy) is 1. The zero-order valence-corrected chi connectivity index (χ0v) is 6.18. The van der Waals surface area contributed by atoms with Crippen molar-refractivity contribution in [2.75, 3.05) is 14.2 Å². The number of rotatable bonds is 2. The molecule has 0 aromatic carbocycles. The molecule has 2 atom stereocenters. The maximum absolute atomic E-state index is 5.20. The molecular weight excluding hydrogens is 114 g/mol. The fourth-order valence-electron chi connectivity index (χ4n) is 1.42. The van der Waals surface area contributed by atoms with Crippen LogP contribution in [0, 0.1) is 0 Å². The fourth-order valence-corrected chi connectivity index (χ4v) is 1.42. The van der Waals surface area contributed by atoms with E-state index in [1.807, 2.05) is 7.05 Å². The third-order valence-electron chi connectivity index (χ3n) is 2.13. The normalized spacial score (nSPS) is 35.3. The van der Waals surface area contributed by atoms with Gasteiger partial charge in [-0.05, 0) is 26.3 Å². The topological polar surface area (TPSA) is 21.3 Å². The lowest BCUT2D eigenvalue weighted by Crippen LogP contribution is -2.22. The second-order valence-corrected chi connectivity index (χ2v) is 2.66. The molecule has 0 aromatic rings. The van der Waals surface area contributed by atoms with Crippen molar-refractivity contribution < 1.29 is 4.74 Å². The fraction of sp³-hybridized carbons (Fsp3) is 1.00. The van der Waals surface area contributed by atoms with Crippen molar-refractivity contribution in [2.24, 2.45) is 0 Å². The molecule has 0 aliphatic heterocycles. The van der Waals surface area contributed by atoms with Crippen molar-refractivity contribution >= 4 is 0 Å². The minimum atomic E-state index is 0.516. The van der Waals surface area contributed by atoms with Crippen LogP contribution in [0.4, 0.5) is 0 Å². The minimum Gasteiger partial charge on any atom is -0.381 e. The summed E-state index contributed by atoms with van der Waals surface area (Å²) in [5, 5.41) is 3.25. The van der Waals surface area contributed by atoms with Crippen LogP contribution >= 0.6 is 0 Å². The molecule has 0 radical (unpaired) electrons. The van der Waals surface area contributed by atoms with Crippen LogP contribution in [0.1, 0.15) is 19.3 Å². The maximum Gasteiger partial charge on any atom is 0.0586 e. The first-order valence-electron chi connectivity index (χ1n) is 3.57. The summed E-state index contributed by atoms with van der Waals surface area (Å²) in [6, 6.07) is 0.704. The van der Waals surface area contributed by atoms with E-state index in [0.717, 1.165) is 0 Å². The Kier molecular flexibility index (Phi) is 2.49. The smallest absolute Gasteiger partial charge is 0.0586 e. The second-order valence-electron chi connectivity index (χ2n) is 2.66. The van der Waals surface area contributed by atoms with E-state index in [1.54, 1.807) is 7.11 Å². The van der Waals surface area contributed by atoms with Crippen LogP contribution in [0.15, 0.2) is 0 Å². The Bertz CT molecular complexity index is 75.0. The number of methoxy groups -OCH3 is 1. The molecule has 9 heavy (non-hydrogen) atoms. The summed E-state index contributed by atoms with van der Waals surface area (Å²) >= 11 is 0. The number of nitrogens with one attached hydrogen (secondary N) is 1. The highest BCUT2D eigenvalue weighted by molar-refractivity contribution is 4.79. The van der Waals surface area contributed by atoms with Gasteiger partial charge in [0.15, 0.2) is 0 Å². The minimum absolute atomic E-state index is 0.516. The van der Waals surface area contributed by atoms with E-state index in [0.29, 0.717) is 12.1 Å². The molecule has 1 fully saturated rings. The first-order valence-corrected chi connectivity index (χ1v) is 3.57. The molecule has 1 N–H and O–H groups in total. The molecule has 0 unspecified atom stereocenters. The summed E-state index contributed by atoms with van der Waals surface area (Å²) in [6.45, 7) is 0. The highest BCUT2D eigenvalue weighted by atomic mass is 16.5. The van der Waals surface area contributed by atoms with Crippen molar-refractivity contribution in [3.05, 3.63) is 0 Å². The monoisotopic (exact) mass is 129 g/mol. The van der Waals surface area contributed by atoms with Gasteiger partial charge in [0.2, 0.25) is 0 Å². The van der Waals surface area contributed by atoms with Crippen molar-refractivity contribution in [3.63, 3.8) is 0 Å². The standard InChI is InChI=1S/C7H15NO/c1-8-6-3-4-7(5-6)9-2/h6-8H,3-5H2,1-2H3/t6-,7-/m1/s1. The number of hydrogen-bond donors (Lipinski definition) is 1. The molecule has 2 heteroatoms. The average Bonchev–Trinajstić information content (AvgIpc) is 2.34. The summed E-state index contributed by atoms with van der Waals surface area (Å²) < 4.78 is 5.20. The Labute approximate surface area is 56.6 Å². The van der Waals surface area contributed by atoms with E-state index in [9.17, 15) is 0 Å². The Morgan fingerprint density at radius 3 is 2.56 bits per heavy atom. The van der Waals surface area contributed by atoms with Gasteiger partial charge in [-0.3, -0.25) is 0 Å². The van der Waals surface area contributed by atoms with E-state index in [1.165, 1.54) is 19.3 Å². The summed E-state index contributed by atoms with van der Waals surface area (Å²) in [5.74, 6) is 0. The Hall–Kier alpha value is -0.0800. The van der Waals surface area contributed by atoms with Crippen LogP contribution in [0.25, 0.3) is 0 Å². The van der Waals surface area contributed by atoms with Gasteiger partial charge in [-0.25, -0.2) is 0 Å². The van der Waals surface area contributed by atoms with Crippen LogP contribution in [0.2, 0.25) is 0 Å². The van der Waals surface area contributed by atoms with Gasteiger partial charge in [-0.2, -0.15) is 0 Å². The summed E-state index contributed by atoms with van der Waals surface area (Å²) in [5.41, 5.74) is 0. The molecule has 1 rings (SSSR count). The molecule has 0 bridgehead atoms. The van der Waals surface area contributed by atoms with Gasteiger partial charge in [0, 0.05) is 13.2 Å². The lowest BCUT2D eigenvalue weighted by Gasteiger charge is -2.07. The largest absolute Gasteiger partial charge is 0.381 e. The molecule has 2 nitrogen and oxygen atoms in total. The average molecular weight is 129 g/mol. The molecule has 0 heterocycles. The van der Waals surface area contributed by atoms with E-state index >= 15 is 0 Å². The van der Waals surface area contributed by atoms with Crippen molar-refractivity contribution in [1.82, 2.24) is 5.32 Å². The maximum atomic E-state index is 5.20. The van der Waals surface area contributed by atoms with Crippen molar-refractivity contribution in [3.8, 4) is 0 Å². The first kappa shape index (κ1) is 7.03. The van der Waals surface area contributed by atoms with Gasteiger partial charge < -0.3 is 10.1 Å². The lowest BCUT2D eigenvalue weighted by molar-refractivity contribution is 0.107. The summed E-state index contributed by atoms with van der Waals surface area (Å²) in [6.07, 6.45) is 4.20. The molecule has 0 aromatic heterocycles. The summed E-state index contributed by atoms with van der Waals surface area (Å²) in [7, 11) is 3.81. The molecule has 0 spiro atoms. The van der Waals surface area contributed by atoms with Gasteiger partial charge in [0.05, 0.1) is 6.10 Å². The van der Waals surface area contributed by atoms with Gasteiger partial charge in [0.25, 0.3) is 0 Å². The zero-order chi connectivity index (χ0) is 6.69. The lowest BCUT2D eigenvalue weighted by atomic mass is 10.2. The molecule has 54 valence electrons. The van der Waals surface area contributed by atoms with E-state index < -0.39 is 0 Å². The predicted octanol–water partition coefficient (Wildman–Crippen LogP) is 0.773. The van der Waals surface area contributed by atoms with Crippen LogP contribution in [0.5, 0.6) is 0 Å². The van der Waals surface area contributed by atoms with Crippen LogP contribution in [-0.2, 0) is 4.74 Å². The van der Waals surface area contributed by atoms with Crippen LogP contribution in [0.3, 0.4) is 0 Å². The third-order valence-corrected chi connectivity index (χ3v) is 2.13. The van der Waals surface area contributed by atoms with Crippen molar-refractivity contribution in [1.29, 1.82) is 0 Å². The van der Waals surface area contributed by atoms with Gasteiger partial charge in [-0.1, -0.05) is 0 Å².